The number of aliphatic carboxylic acids is 1. The third kappa shape index (κ3) is 7.79. The van der Waals surface area contributed by atoms with Crippen molar-refractivity contribution in [3.8, 4) is 5.75 Å². The summed E-state index contributed by atoms with van der Waals surface area (Å²) in [5, 5.41) is 16.5. The van der Waals surface area contributed by atoms with E-state index in [0.29, 0.717) is 18.8 Å². The normalized spacial score (nSPS) is 13.6. The zero-order chi connectivity index (χ0) is 29.5. The number of ether oxygens (including phenoxy) is 1. The van der Waals surface area contributed by atoms with Gasteiger partial charge in [-0.3, -0.25) is 4.72 Å². The summed E-state index contributed by atoms with van der Waals surface area (Å²) in [5.74, 6) is -3.08. The van der Waals surface area contributed by atoms with Crippen molar-refractivity contribution >= 4 is 39.0 Å². The first-order valence-corrected chi connectivity index (χ1v) is 13.2. The van der Waals surface area contributed by atoms with E-state index < -0.39 is 28.1 Å². The van der Waals surface area contributed by atoms with E-state index in [4.69, 9.17) is 14.6 Å². The van der Waals surface area contributed by atoms with Gasteiger partial charge in [0.1, 0.15) is 5.75 Å². The van der Waals surface area contributed by atoms with Gasteiger partial charge in [-0.05, 0) is 54.6 Å². The van der Waals surface area contributed by atoms with Gasteiger partial charge < -0.3 is 24.7 Å². The summed E-state index contributed by atoms with van der Waals surface area (Å²) in [5.41, 5.74) is 1.99. The van der Waals surface area contributed by atoms with E-state index in [1.165, 1.54) is 24.3 Å². The zero-order valence-electron chi connectivity index (χ0n) is 21.1. The fourth-order valence-electron chi connectivity index (χ4n) is 3.83. The Kier molecular flexibility index (Phi) is 9.47. The quantitative estimate of drug-likeness (QED) is 0.376. The summed E-state index contributed by atoms with van der Waals surface area (Å²) in [6.07, 6.45) is -5.08. The van der Waals surface area contributed by atoms with E-state index >= 15 is 0 Å². The minimum atomic E-state index is -5.08. The Morgan fingerprint density at radius 2 is 1.43 bits per heavy atom. The maximum absolute atomic E-state index is 12.9. The Morgan fingerprint density at radius 1 is 0.875 bits per heavy atom. The van der Waals surface area contributed by atoms with E-state index in [1.807, 2.05) is 24.3 Å². The predicted octanol–water partition coefficient (Wildman–Crippen LogP) is 4.15. The molecular formula is C26H26F3N3O7S. The Morgan fingerprint density at radius 3 is 1.93 bits per heavy atom. The summed E-state index contributed by atoms with van der Waals surface area (Å²) < 4.78 is 65.4. The molecule has 3 aromatic rings. The Bertz CT molecular complexity index is 1430. The summed E-state index contributed by atoms with van der Waals surface area (Å²) in [6.45, 7) is 2.77. The molecular weight excluding hydrogens is 555 g/mol. The zero-order valence-corrected chi connectivity index (χ0v) is 21.9. The van der Waals surface area contributed by atoms with Crippen molar-refractivity contribution in [3.05, 3.63) is 78.4 Å². The van der Waals surface area contributed by atoms with Crippen LogP contribution in [-0.4, -0.2) is 70.0 Å². The van der Waals surface area contributed by atoms with Crippen molar-refractivity contribution in [3.63, 3.8) is 0 Å². The molecule has 0 bridgehead atoms. The SMILES string of the molecule is COc1ccc(N2CCN(c3ccc(C(=O)O)cc3NS(=O)(=O)c3ccccc3)CC2)cc1.O=C(O)C(F)(F)F. The Labute approximate surface area is 228 Å². The maximum atomic E-state index is 12.9. The molecule has 3 N–H and O–H groups in total. The number of methoxy groups -OCH3 is 1. The number of carboxylic acids is 2. The summed E-state index contributed by atoms with van der Waals surface area (Å²) in [4.78, 5) is 24.8. The first-order valence-electron chi connectivity index (χ1n) is 11.7. The van der Waals surface area contributed by atoms with Crippen LogP contribution < -0.4 is 19.3 Å². The lowest BCUT2D eigenvalue weighted by Gasteiger charge is -2.38. The van der Waals surface area contributed by atoms with Gasteiger partial charge in [0.25, 0.3) is 10.0 Å². The lowest BCUT2D eigenvalue weighted by Crippen LogP contribution is -2.46. The lowest BCUT2D eigenvalue weighted by atomic mass is 10.1. The average molecular weight is 582 g/mol. The van der Waals surface area contributed by atoms with Crippen molar-refractivity contribution in [1.82, 2.24) is 0 Å². The van der Waals surface area contributed by atoms with Gasteiger partial charge in [0.2, 0.25) is 0 Å². The largest absolute Gasteiger partial charge is 0.497 e. The van der Waals surface area contributed by atoms with Crippen LogP contribution in [0.3, 0.4) is 0 Å². The number of aromatic carboxylic acids is 1. The molecule has 10 nitrogen and oxygen atoms in total. The van der Waals surface area contributed by atoms with Crippen LogP contribution in [0.4, 0.5) is 30.2 Å². The molecule has 214 valence electrons. The number of piperazine rings is 1. The number of halogens is 3. The molecule has 0 radical (unpaired) electrons. The minimum Gasteiger partial charge on any atom is -0.497 e. The van der Waals surface area contributed by atoms with Gasteiger partial charge in [-0.25, -0.2) is 18.0 Å². The van der Waals surface area contributed by atoms with Gasteiger partial charge in [-0.2, -0.15) is 13.2 Å². The number of hydrogen-bond acceptors (Lipinski definition) is 7. The number of alkyl halides is 3. The molecule has 40 heavy (non-hydrogen) atoms. The first kappa shape index (κ1) is 30.1. The van der Waals surface area contributed by atoms with Crippen LogP contribution in [-0.2, 0) is 14.8 Å². The van der Waals surface area contributed by atoms with Gasteiger partial charge in [0.05, 0.1) is 28.9 Å². The van der Waals surface area contributed by atoms with Crippen LogP contribution in [0.5, 0.6) is 5.75 Å². The Hall–Kier alpha value is -4.46. The molecule has 1 heterocycles. The molecule has 0 atom stereocenters. The predicted molar refractivity (Wildman–Crippen MR) is 142 cm³/mol. The molecule has 14 heteroatoms. The molecule has 0 amide bonds. The van der Waals surface area contributed by atoms with Crippen LogP contribution in [0.25, 0.3) is 0 Å². The van der Waals surface area contributed by atoms with Gasteiger partial charge >= 0.3 is 18.1 Å². The van der Waals surface area contributed by atoms with E-state index in [1.54, 1.807) is 31.4 Å². The fourth-order valence-corrected chi connectivity index (χ4v) is 4.91. The summed E-state index contributed by atoms with van der Waals surface area (Å²) in [7, 11) is -2.24. The monoisotopic (exact) mass is 581 g/mol. The van der Waals surface area contributed by atoms with E-state index in [-0.39, 0.29) is 16.1 Å². The van der Waals surface area contributed by atoms with E-state index in [9.17, 15) is 31.5 Å². The topological polar surface area (TPSA) is 136 Å². The number of nitrogens with zero attached hydrogens (tertiary/aromatic N) is 2. The van der Waals surface area contributed by atoms with Crippen molar-refractivity contribution in [2.75, 3.05) is 47.8 Å². The van der Waals surface area contributed by atoms with Crippen LogP contribution in [0, 0.1) is 0 Å². The molecule has 4 rings (SSSR count). The fraction of sp³-hybridized carbons (Fsp3) is 0.231. The highest BCUT2D eigenvalue weighted by Gasteiger charge is 2.38. The number of nitrogens with one attached hydrogen (secondary N) is 1. The number of carbonyl (C=O) groups is 2. The lowest BCUT2D eigenvalue weighted by molar-refractivity contribution is -0.192. The molecule has 0 aromatic heterocycles. The van der Waals surface area contributed by atoms with E-state index in [0.717, 1.165) is 24.5 Å². The molecule has 0 aliphatic carbocycles. The van der Waals surface area contributed by atoms with Crippen LogP contribution in [0.15, 0.2) is 77.7 Å². The van der Waals surface area contributed by atoms with Crippen molar-refractivity contribution in [2.45, 2.75) is 11.1 Å². The number of benzene rings is 3. The first-order chi connectivity index (χ1) is 18.8. The second kappa shape index (κ2) is 12.6. The molecule has 0 unspecified atom stereocenters. The van der Waals surface area contributed by atoms with Crippen LogP contribution in [0.2, 0.25) is 0 Å². The van der Waals surface area contributed by atoms with Crippen molar-refractivity contribution < 1.29 is 46.1 Å². The average Bonchev–Trinajstić information content (AvgIpc) is 2.93. The van der Waals surface area contributed by atoms with Crippen molar-refractivity contribution in [2.24, 2.45) is 0 Å². The summed E-state index contributed by atoms with van der Waals surface area (Å²) in [6, 6.07) is 20.4. The van der Waals surface area contributed by atoms with Gasteiger partial charge in [-0.15, -0.1) is 0 Å². The van der Waals surface area contributed by atoms with Gasteiger partial charge in [0.15, 0.2) is 0 Å². The highest BCUT2D eigenvalue weighted by Crippen LogP contribution is 2.31. The van der Waals surface area contributed by atoms with Gasteiger partial charge in [-0.1, -0.05) is 18.2 Å². The molecule has 0 saturated carbocycles. The molecule has 3 aromatic carbocycles. The smallest absolute Gasteiger partial charge is 0.490 e. The molecule has 1 saturated heterocycles. The third-order valence-electron chi connectivity index (χ3n) is 5.84. The maximum Gasteiger partial charge on any atom is 0.490 e. The number of carboxylic acid groups (broad SMARTS) is 2. The molecule has 1 fully saturated rings. The minimum absolute atomic E-state index is 0.0152. The molecule has 1 aliphatic heterocycles. The van der Waals surface area contributed by atoms with Crippen molar-refractivity contribution in [1.29, 1.82) is 0 Å². The second-order valence-electron chi connectivity index (χ2n) is 8.43. The molecule has 1 aliphatic rings. The van der Waals surface area contributed by atoms with E-state index in [2.05, 4.69) is 14.5 Å². The molecule has 0 spiro atoms. The number of rotatable bonds is 7. The van der Waals surface area contributed by atoms with Crippen LogP contribution in [0.1, 0.15) is 10.4 Å². The Balaban J connectivity index is 0.000000559. The number of anilines is 3. The number of sulfonamides is 1. The standard InChI is InChI=1S/C24H25N3O5S.C2HF3O2/c1-32-20-10-8-19(9-11-20)26-13-15-27(16-14-26)23-12-7-18(24(28)29)17-22(23)25-33(30,31)21-5-3-2-4-6-21;3-2(4,5)1(6)7/h2-12,17,25H,13-16H2,1H3,(H,28,29);(H,6,7). The summed E-state index contributed by atoms with van der Waals surface area (Å²) >= 11 is 0. The van der Waals surface area contributed by atoms with Gasteiger partial charge in [0, 0.05) is 31.9 Å². The number of hydrogen-bond donors (Lipinski definition) is 3. The highest BCUT2D eigenvalue weighted by atomic mass is 32.2. The second-order valence-corrected chi connectivity index (χ2v) is 10.1. The van der Waals surface area contributed by atoms with Crippen LogP contribution >= 0.6 is 0 Å². The third-order valence-corrected chi connectivity index (χ3v) is 7.22. The highest BCUT2D eigenvalue weighted by molar-refractivity contribution is 7.92.